The van der Waals surface area contributed by atoms with E-state index in [1.54, 1.807) is 30.6 Å². The van der Waals surface area contributed by atoms with Crippen molar-refractivity contribution in [3.63, 3.8) is 0 Å². The Labute approximate surface area is 133 Å². The SMILES string of the molecule is COC(C)c1cccc(NC(=O)C(=O)NCc2ccsc2)c1. The Morgan fingerprint density at radius 1 is 1.27 bits per heavy atom. The van der Waals surface area contributed by atoms with Crippen molar-refractivity contribution in [2.45, 2.75) is 19.6 Å². The first-order valence-electron chi connectivity index (χ1n) is 6.83. The van der Waals surface area contributed by atoms with E-state index in [1.807, 2.05) is 35.9 Å². The van der Waals surface area contributed by atoms with Gasteiger partial charge in [-0.1, -0.05) is 12.1 Å². The Morgan fingerprint density at radius 2 is 2.09 bits per heavy atom. The number of ether oxygens (including phenoxy) is 1. The first kappa shape index (κ1) is 16.2. The lowest BCUT2D eigenvalue weighted by Gasteiger charge is -2.12. The summed E-state index contributed by atoms with van der Waals surface area (Å²) in [7, 11) is 1.62. The van der Waals surface area contributed by atoms with Crippen LogP contribution in [0.3, 0.4) is 0 Å². The third kappa shape index (κ3) is 4.41. The summed E-state index contributed by atoms with van der Waals surface area (Å²) in [5.41, 5.74) is 2.47. The van der Waals surface area contributed by atoms with E-state index >= 15 is 0 Å². The van der Waals surface area contributed by atoms with Crippen LogP contribution in [0.15, 0.2) is 41.1 Å². The van der Waals surface area contributed by atoms with Gasteiger partial charge in [0.2, 0.25) is 0 Å². The van der Waals surface area contributed by atoms with Gasteiger partial charge in [0.1, 0.15) is 0 Å². The number of amides is 2. The molecule has 0 saturated carbocycles. The number of nitrogens with one attached hydrogen (secondary N) is 2. The third-order valence-corrected chi connectivity index (χ3v) is 3.94. The Bertz CT molecular complexity index is 641. The van der Waals surface area contributed by atoms with E-state index in [0.29, 0.717) is 12.2 Å². The molecule has 0 fully saturated rings. The highest BCUT2D eigenvalue weighted by Gasteiger charge is 2.14. The van der Waals surface area contributed by atoms with Crippen molar-refractivity contribution in [2.75, 3.05) is 12.4 Å². The summed E-state index contributed by atoms with van der Waals surface area (Å²) in [5, 5.41) is 9.02. The average Bonchev–Trinajstić information content (AvgIpc) is 3.05. The molecule has 0 saturated heterocycles. The van der Waals surface area contributed by atoms with Crippen LogP contribution < -0.4 is 10.6 Å². The van der Waals surface area contributed by atoms with Gasteiger partial charge in [0, 0.05) is 19.3 Å². The summed E-state index contributed by atoms with van der Waals surface area (Å²) in [4.78, 5) is 23.6. The highest BCUT2D eigenvalue weighted by molar-refractivity contribution is 7.07. The molecule has 1 aromatic heterocycles. The fourth-order valence-corrected chi connectivity index (χ4v) is 2.52. The van der Waals surface area contributed by atoms with Crippen LogP contribution in [0.5, 0.6) is 0 Å². The second-order valence-corrected chi connectivity index (χ2v) is 5.55. The number of carbonyl (C=O) groups excluding carboxylic acids is 2. The van der Waals surface area contributed by atoms with Gasteiger partial charge in [-0.25, -0.2) is 0 Å². The summed E-state index contributed by atoms with van der Waals surface area (Å²) in [5.74, 6) is -1.34. The van der Waals surface area contributed by atoms with Crippen molar-refractivity contribution >= 4 is 28.8 Å². The molecule has 0 aliphatic rings. The van der Waals surface area contributed by atoms with E-state index in [4.69, 9.17) is 4.74 Å². The van der Waals surface area contributed by atoms with E-state index in [2.05, 4.69) is 10.6 Å². The maximum Gasteiger partial charge on any atom is 0.313 e. The molecular formula is C16H18N2O3S. The van der Waals surface area contributed by atoms with Crippen LogP contribution in [-0.2, 0) is 20.9 Å². The van der Waals surface area contributed by atoms with E-state index in [-0.39, 0.29) is 6.10 Å². The maximum atomic E-state index is 11.9. The van der Waals surface area contributed by atoms with E-state index in [0.717, 1.165) is 11.1 Å². The molecule has 2 N–H and O–H groups in total. The quantitative estimate of drug-likeness (QED) is 0.833. The van der Waals surface area contributed by atoms with Crippen LogP contribution in [0.4, 0.5) is 5.69 Å². The van der Waals surface area contributed by atoms with Gasteiger partial charge < -0.3 is 15.4 Å². The number of thiophene rings is 1. The normalized spacial score (nSPS) is 11.7. The van der Waals surface area contributed by atoms with Crippen molar-refractivity contribution < 1.29 is 14.3 Å². The Balaban J connectivity index is 1.92. The van der Waals surface area contributed by atoms with Gasteiger partial charge in [0.05, 0.1) is 6.10 Å². The first-order valence-corrected chi connectivity index (χ1v) is 7.77. The number of hydrogen-bond acceptors (Lipinski definition) is 4. The molecular weight excluding hydrogens is 300 g/mol. The summed E-state index contributed by atoms with van der Waals surface area (Å²) in [6.45, 7) is 2.25. The zero-order valence-electron chi connectivity index (χ0n) is 12.5. The monoisotopic (exact) mass is 318 g/mol. The second kappa shape index (κ2) is 7.72. The van der Waals surface area contributed by atoms with Crippen LogP contribution in [-0.4, -0.2) is 18.9 Å². The smallest absolute Gasteiger partial charge is 0.313 e. The Kier molecular flexibility index (Phi) is 5.68. The summed E-state index contributed by atoms with van der Waals surface area (Å²) < 4.78 is 5.23. The molecule has 116 valence electrons. The molecule has 22 heavy (non-hydrogen) atoms. The highest BCUT2D eigenvalue weighted by atomic mass is 32.1. The summed E-state index contributed by atoms with van der Waals surface area (Å²) in [6.07, 6.45) is -0.0794. The number of rotatable bonds is 5. The molecule has 0 bridgehead atoms. The summed E-state index contributed by atoms with van der Waals surface area (Å²) in [6, 6.07) is 9.14. The van der Waals surface area contributed by atoms with Crippen LogP contribution in [0.25, 0.3) is 0 Å². The largest absolute Gasteiger partial charge is 0.377 e. The topological polar surface area (TPSA) is 67.4 Å². The summed E-state index contributed by atoms with van der Waals surface area (Å²) >= 11 is 1.54. The zero-order valence-corrected chi connectivity index (χ0v) is 13.3. The molecule has 2 rings (SSSR count). The molecule has 2 amide bonds. The van der Waals surface area contributed by atoms with Gasteiger partial charge >= 0.3 is 11.8 Å². The zero-order chi connectivity index (χ0) is 15.9. The van der Waals surface area contributed by atoms with E-state index < -0.39 is 11.8 Å². The van der Waals surface area contributed by atoms with E-state index in [9.17, 15) is 9.59 Å². The molecule has 0 spiro atoms. The first-order chi connectivity index (χ1) is 10.6. The van der Waals surface area contributed by atoms with Crippen LogP contribution in [0, 0.1) is 0 Å². The third-order valence-electron chi connectivity index (χ3n) is 3.21. The fraction of sp³-hybridized carbons (Fsp3) is 0.250. The molecule has 0 radical (unpaired) electrons. The number of carbonyl (C=O) groups is 2. The minimum absolute atomic E-state index is 0.0794. The molecule has 1 aromatic carbocycles. The van der Waals surface area contributed by atoms with Gasteiger partial charge in [-0.2, -0.15) is 11.3 Å². The standard InChI is InChI=1S/C16H18N2O3S/c1-11(21-2)13-4-3-5-14(8-13)18-16(20)15(19)17-9-12-6-7-22-10-12/h3-8,10-11H,9H2,1-2H3,(H,17,19)(H,18,20). The van der Waals surface area contributed by atoms with Crippen molar-refractivity contribution in [2.24, 2.45) is 0 Å². The van der Waals surface area contributed by atoms with E-state index in [1.165, 1.54) is 0 Å². The lowest BCUT2D eigenvalue weighted by atomic mass is 10.1. The predicted molar refractivity (Wildman–Crippen MR) is 86.7 cm³/mol. The number of methoxy groups -OCH3 is 1. The molecule has 2 aromatic rings. The molecule has 1 atom stereocenters. The van der Waals surface area contributed by atoms with Crippen molar-refractivity contribution in [3.05, 3.63) is 52.2 Å². The van der Waals surface area contributed by atoms with Gasteiger partial charge in [0.15, 0.2) is 0 Å². The van der Waals surface area contributed by atoms with Gasteiger partial charge in [-0.15, -0.1) is 0 Å². The van der Waals surface area contributed by atoms with Crippen LogP contribution in [0.1, 0.15) is 24.2 Å². The van der Waals surface area contributed by atoms with Gasteiger partial charge in [-0.3, -0.25) is 9.59 Å². The van der Waals surface area contributed by atoms with Crippen molar-refractivity contribution in [3.8, 4) is 0 Å². The fourth-order valence-electron chi connectivity index (χ4n) is 1.85. The molecule has 5 nitrogen and oxygen atoms in total. The second-order valence-electron chi connectivity index (χ2n) is 4.77. The minimum Gasteiger partial charge on any atom is -0.377 e. The molecule has 1 unspecified atom stereocenters. The van der Waals surface area contributed by atoms with Crippen LogP contribution >= 0.6 is 11.3 Å². The Hall–Kier alpha value is -2.18. The van der Waals surface area contributed by atoms with Crippen molar-refractivity contribution in [1.82, 2.24) is 5.32 Å². The number of hydrogen-bond donors (Lipinski definition) is 2. The molecule has 0 aliphatic heterocycles. The van der Waals surface area contributed by atoms with Gasteiger partial charge in [0.25, 0.3) is 0 Å². The lowest BCUT2D eigenvalue weighted by molar-refractivity contribution is -0.136. The number of benzene rings is 1. The lowest BCUT2D eigenvalue weighted by Crippen LogP contribution is -2.34. The molecule has 0 aliphatic carbocycles. The minimum atomic E-state index is -0.683. The van der Waals surface area contributed by atoms with Crippen LogP contribution in [0.2, 0.25) is 0 Å². The number of anilines is 1. The Morgan fingerprint density at radius 3 is 2.77 bits per heavy atom. The predicted octanol–water partition coefficient (Wildman–Crippen LogP) is 2.71. The maximum absolute atomic E-state index is 11.9. The highest BCUT2D eigenvalue weighted by Crippen LogP contribution is 2.19. The van der Waals surface area contributed by atoms with Crippen molar-refractivity contribution in [1.29, 1.82) is 0 Å². The average molecular weight is 318 g/mol. The molecule has 6 heteroatoms. The van der Waals surface area contributed by atoms with Gasteiger partial charge in [-0.05, 0) is 47.0 Å². The molecule has 1 heterocycles.